The summed E-state index contributed by atoms with van der Waals surface area (Å²) in [7, 11) is -2.44. The Bertz CT molecular complexity index is 1410. The fourth-order valence-corrected chi connectivity index (χ4v) is 5.30. The van der Waals surface area contributed by atoms with Gasteiger partial charge in [-0.05, 0) is 42.7 Å². The highest BCUT2D eigenvalue weighted by Crippen LogP contribution is 2.33. The summed E-state index contributed by atoms with van der Waals surface area (Å²) in [4.78, 5) is 34.1. The predicted molar refractivity (Wildman–Crippen MR) is 128 cm³/mol. The molecule has 2 N–H and O–H groups in total. The minimum absolute atomic E-state index is 0.0280. The topological polar surface area (TPSA) is 130 Å². The first-order valence-electron chi connectivity index (χ1n) is 11.2. The van der Waals surface area contributed by atoms with Crippen LogP contribution in [0.1, 0.15) is 58.5 Å². The van der Waals surface area contributed by atoms with Gasteiger partial charge in [0, 0.05) is 37.2 Å². The van der Waals surface area contributed by atoms with Crippen LogP contribution in [0.25, 0.3) is 10.9 Å². The van der Waals surface area contributed by atoms with Crippen LogP contribution in [0.15, 0.2) is 36.5 Å². The molecule has 0 radical (unpaired) electrons. The summed E-state index contributed by atoms with van der Waals surface area (Å²) < 4.78 is 40.9. The van der Waals surface area contributed by atoms with E-state index in [1.165, 1.54) is 25.4 Å². The van der Waals surface area contributed by atoms with Crippen LogP contribution in [0.5, 0.6) is 5.75 Å². The minimum Gasteiger partial charge on any atom is -0.504 e. The van der Waals surface area contributed by atoms with E-state index < -0.39 is 33.2 Å². The maximum Gasteiger partial charge on any atom is 0.274 e. The van der Waals surface area contributed by atoms with Gasteiger partial charge in [-0.1, -0.05) is 18.9 Å². The van der Waals surface area contributed by atoms with Gasteiger partial charge in [0.05, 0.1) is 5.75 Å². The highest BCUT2D eigenvalue weighted by atomic mass is 32.2. The van der Waals surface area contributed by atoms with E-state index in [0.717, 1.165) is 10.4 Å². The van der Waals surface area contributed by atoms with Gasteiger partial charge in [-0.25, -0.2) is 17.8 Å². The number of pyridine rings is 2. The summed E-state index contributed by atoms with van der Waals surface area (Å²) in [5.41, 5.74) is 0.218. The number of amides is 1. The predicted octanol–water partition coefficient (Wildman–Crippen LogP) is 3.32. The van der Waals surface area contributed by atoms with E-state index in [1.807, 2.05) is 0 Å². The number of carbonyl (C=O) groups excluding carboxylic acids is 2. The van der Waals surface area contributed by atoms with E-state index in [4.69, 9.17) is 0 Å². The number of aromatic nitrogens is 2. The number of ketones is 1. The van der Waals surface area contributed by atoms with Gasteiger partial charge in [-0.3, -0.25) is 18.9 Å². The minimum atomic E-state index is -3.79. The zero-order chi connectivity index (χ0) is 25.2. The molecule has 1 aliphatic heterocycles. The second kappa shape index (κ2) is 9.95. The molecule has 2 bridgehead atoms. The molecule has 35 heavy (non-hydrogen) atoms. The summed E-state index contributed by atoms with van der Waals surface area (Å²) in [6, 6.07) is 6.92. The average molecular weight is 501 g/mol. The Hall–Kier alpha value is -3.60. The van der Waals surface area contributed by atoms with Crippen LogP contribution in [0, 0.1) is 5.82 Å². The molecule has 0 unspecified atom stereocenters. The van der Waals surface area contributed by atoms with E-state index in [9.17, 15) is 27.5 Å². The smallest absolute Gasteiger partial charge is 0.274 e. The molecule has 0 saturated heterocycles. The Morgan fingerprint density at radius 1 is 1.11 bits per heavy atom. The van der Waals surface area contributed by atoms with Crippen molar-refractivity contribution < 1.29 is 27.5 Å². The summed E-state index contributed by atoms with van der Waals surface area (Å²) in [5, 5.41) is 13.6. The van der Waals surface area contributed by atoms with Gasteiger partial charge in [0.2, 0.25) is 10.0 Å². The molecule has 1 aromatic carbocycles. The lowest BCUT2D eigenvalue weighted by molar-refractivity contribution is 0.0937. The molecule has 3 heterocycles. The van der Waals surface area contributed by atoms with Crippen LogP contribution in [-0.2, 0) is 16.6 Å². The van der Waals surface area contributed by atoms with E-state index in [1.54, 1.807) is 12.1 Å². The van der Waals surface area contributed by atoms with Crippen molar-refractivity contribution in [1.29, 1.82) is 0 Å². The van der Waals surface area contributed by atoms with Gasteiger partial charge in [0.1, 0.15) is 11.3 Å². The number of nitrogens with one attached hydrogen (secondary N) is 1. The van der Waals surface area contributed by atoms with Crippen LogP contribution < -0.4 is 9.62 Å². The Morgan fingerprint density at radius 3 is 2.69 bits per heavy atom. The Labute approximate surface area is 202 Å². The molecule has 0 spiro atoms. The number of hydrogen-bond donors (Lipinski definition) is 2. The second-order valence-electron chi connectivity index (χ2n) is 8.39. The molecular formula is C24H25FN4O5S. The number of carbonyl (C=O) groups is 2. The molecular weight excluding hydrogens is 475 g/mol. The Kier molecular flexibility index (Phi) is 6.97. The fourth-order valence-electron chi connectivity index (χ4n) is 4.05. The number of Topliss-reactive ketones (excluding diaryl/α,β-unsaturated/α-hetero) is 1. The fraction of sp³-hybridized carbons (Fsp3) is 0.333. The molecule has 4 rings (SSSR count). The summed E-state index contributed by atoms with van der Waals surface area (Å²) in [6.07, 6.45) is 3.72. The van der Waals surface area contributed by atoms with Crippen molar-refractivity contribution in [2.45, 2.75) is 38.6 Å². The van der Waals surface area contributed by atoms with E-state index in [-0.39, 0.29) is 46.8 Å². The van der Waals surface area contributed by atoms with E-state index >= 15 is 0 Å². The molecule has 9 nitrogen and oxygen atoms in total. The van der Waals surface area contributed by atoms with Crippen LogP contribution in [0.3, 0.4) is 0 Å². The summed E-state index contributed by atoms with van der Waals surface area (Å²) in [5.74, 6) is -2.30. The standard InChI is InChI=1S/C24H25FN4O5S/c1-29-23-17-7-6-11-26-20(17)22(31)21(28-23)24(32)27-14-15-9-10-16(25)13-18(15)19(30)8-4-2-3-5-12-35(29,33)34/h6-7,9-11,13,31H,2-5,8,12,14H2,1H3,(H,27,32). The molecule has 1 aliphatic rings. The number of fused-ring (bicyclic) bond motifs is 5. The molecule has 0 saturated carbocycles. The van der Waals surface area contributed by atoms with Crippen molar-refractivity contribution in [3.05, 3.63) is 59.2 Å². The monoisotopic (exact) mass is 500 g/mol. The van der Waals surface area contributed by atoms with Gasteiger partial charge >= 0.3 is 0 Å². The molecule has 11 heteroatoms. The maximum absolute atomic E-state index is 13.9. The van der Waals surface area contributed by atoms with E-state index in [0.29, 0.717) is 31.2 Å². The molecule has 1 amide bonds. The highest BCUT2D eigenvalue weighted by molar-refractivity contribution is 7.92. The zero-order valence-corrected chi connectivity index (χ0v) is 19.9. The number of nitrogens with zero attached hydrogens (tertiary/aromatic N) is 3. The summed E-state index contributed by atoms with van der Waals surface area (Å²) >= 11 is 0. The highest BCUT2D eigenvalue weighted by Gasteiger charge is 2.27. The number of halogens is 1. The van der Waals surface area contributed by atoms with Gasteiger partial charge in [0.25, 0.3) is 5.91 Å². The van der Waals surface area contributed by atoms with Crippen molar-refractivity contribution in [2.24, 2.45) is 0 Å². The average Bonchev–Trinajstić information content (AvgIpc) is 2.84. The lowest BCUT2D eigenvalue weighted by Gasteiger charge is -2.21. The normalized spacial score (nSPS) is 17.5. The first-order chi connectivity index (χ1) is 16.7. The van der Waals surface area contributed by atoms with Crippen molar-refractivity contribution >= 4 is 38.4 Å². The van der Waals surface area contributed by atoms with Crippen LogP contribution in [0.2, 0.25) is 0 Å². The number of sulfonamides is 1. The van der Waals surface area contributed by atoms with Crippen LogP contribution in [-0.4, -0.2) is 48.0 Å². The lowest BCUT2D eigenvalue weighted by atomic mass is 9.99. The number of hydrogen-bond acceptors (Lipinski definition) is 7. The number of benzene rings is 1. The molecule has 0 atom stereocenters. The quantitative estimate of drug-likeness (QED) is 0.484. The van der Waals surface area contributed by atoms with Crippen LogP contribution in [0.4, 0.5) is 10.2 Å². The van der Waals surface area contributed by atoms with Crippen LogP contribution >= 0.6 is 0 Å². The van der Waals surface area contributed by atoms with Gasteiger partial charge in [-0.2, -0.15) is 0 Å². The van der Waals surface area contributed by atoms with Crippen molar-refractivity contribution in [2.75, 3.05) is 17.1 Å². The summed E-state index contributed by atoms with van der Waals surface area (Å²) in [6.45, 7) is -0.120. The van der Waals surface area contributed by atoms with Gasteiger partial charge in [-0.15, -0.1) is 0 Å². The van der Waals surface area contributed by atoms with Gasteiger partial charge in [0.15, 0.2) is 23.0 Å². The lowest BCUT2D eigenvalue weighted by Crippen LogP contribution is -2.31. The molecule has 184 valence electrons. The number of anilines is 1. The molecule has 0 aliphatic carbocycles. The third-order valence-corrected chi connectivity index (χ3v) is 7.83. The molecule has 3 aromatic rings. The van der Waals surface area contributed by atoms with Gasteiger partial charge < -0.3 is 10.4 Å². The SMILES string of the molecule is CN1c2nc(c(O)c3ncccc23)C(=O)NCc2ccc(F)cc2C(=O)CCCCCCS1(=O)=O. The number of aromatic hydroxyl groups is 1. The first-order valence-corrected chi connectivity index (χ1v) is 12.8. The Morgan fingerprint density at radius 2 is 1.89 bits per heavy atom. The zero-order valence-electron chi connectivity index (χ0n) is 19.1. The third-order valence-electron chi connectivity index (χ3n) is 6.01. The molecule has 2 aromatic heterocycles. The second-order valence-corrected chi connectivity index (χ2v) is 10.5. The van der Waals surface area contributed by atoms with Crippen molar-refractivity contribution in [3.63, 3.8) is 0 Å². The Balaban J connectivity index is 1.81. The van der Waals surface area contributed by atoms with E-state index in [2.05, 4.69) is 15.3 Å². The van der Waals surface area contributed by atoms with Crippen molar-refractivity contribution in [3.8, 4) is 5.75 Å². The molecule has 0 fully saturated rings. The largest absolute Gasteiger partial charge is 0.504 e. The van der Waals surface area contributed by atoms with Crippen molar-refractivity contribution in [1.82, 2.24) is 15.3 Å². The number of rotatable bonds is 0. The first kappa shape index (κ1) is 24.5. The maximum atomic E-state index is 13.9. The third kappa shape index (κ3) is 5.09.